The van der Waals surface area contributed by atoms with Gasteiger partial charge in [-0.3, -0.25) is 14.3 Å². The molecule has 0 unspecified atom stereocenters. The van der Waals surface area contributed by atoms with Crippen LogP contribution in [0, 0.1) is 6.92 Å². The van der Waals surface area contributed by atoms with E-state index < -0.39 is 23.7 Å². The minimum absolute atomic E-state index is 0.0562. The summed E-state index contributed by atoms with van der Waals surface area (Å²) in [4.78, 5) is 29.2. The van der Waals surface area contributed by atoms with E-state index in [1.54, 1.807) is 20.0 Å². The van der Waals surface area contributed by atoms with Gasteiger partial charge >= 0.3 is 6.18 Å². The maximum atomic E-state index is 13.8. The first kappa shape index (κ1) is 27.5. The van der Waals surface area contributed by atoms with Gasteiger partial charge in [0.2, 0.25) is 0 Å². The summed E-state index contributed by atoms with van der Waals surface area (Å²) in [5.74, 6) is -0.670. The van der Waals surface area contributed by atoms with Gasteiger partial charge in [0.25, 0.3) is 11.8 Å². The molecule has 42 heavy (non-hydrogen) atoms. The predicted octanol–water partition coefficient (Wildman–Crippen LogP) is 6.04. The number of nitrogens with one attached hydrogen (secondary N) is 1. The number of rotatable bonds is 7. The molecule has 0 saturated carbocycles. The predicted molar refractivity (Wildman–Crippen MR) is 150 cm³/mol. The summed E-state index contributed by atoms with van der Waals surface area (Å²) in [6.45, 7) is 1.77. The van der Waals surface area contributed by atoms with Crippen LogP contribution in [0.1, 0.15) is 54.9 Å². The van der Waals surface area contributed by atoms with Gasteiger partial charge in [-0.1, -0.05) is 6.07 Å². The van der Waals surface area contributed by atoms with Crippen LogP contribution >= 0.6 is 11.3 Å². The molecule has 0 spiro atoms. The summed E-state index contributed by atoms with van der Waals surface area (Å²) in [6.07, 6.45) is -0.151. The normalized spacial score (nSPS) is 13.0. The molecule has 1 aliphatic rings. The van der Waals surface area contributed by atoms with Crippen LogP contribution in [-0.4, -0.2) is 26.6 Å². The Hall–Kier alpha value is -4.65. The average molecular weight is 596 g/mol. The number of hydrogen-bond acceptors (Lipinski definition) is 7. The number of ether oxygens (including phenoxy) is 1. The Balaban J connectivity index is 1.33. The van der Waals surface area contributed by atoms with Crippen molar-refractivity contribution in [2.24, 2.45) is 12.8 Å². The van der Waals surface area contributed by atoms with Gasteiger partial charge in [-0.05, 0) is 73.2 Å². The number of alkyl halides is 3. The molecule has 2 amide bonds. The molecule has 1 aliphatic carbocycles. The third-order valence-corrected chi connectivity index (χ3v) is 8.37. The molecule has 4 aromatic heterocycles. The monoisotopic (exact) mass is 595 g/mol. The number of furan rings is 1. The first-order valence-corrected chi connectivity index (χ1v) is 13.8. The Morgan fingerprint density at radius 2 is 1.93 bits per heavy atom. The fraction of sp³-hybridized carbons (Fsp3) is 0.241. The molecule has 4 heterocycles. The molecule has 0 atom stereocenters. The second-order valence-electron chi connectivity index (χ2n) is 9.96. The summed E-state index contributed by atoms with van der Waals surface area (Å²) in [7, 11) is 1.65. The van der Waals surface area contributed by atoms with Crippen molar-refractivity contribution in [3.05, 3.63) is 81.5 Å². The minimum Gasteiger partial charge on any atom is -0.486 e. The van der Waals surface area contributed by atoms with Crippen LogP contribution in [0.4, 0.5) is 18.9 Å². The van der Waals surface area contributed by atoms with Crippen molar-refractivity contribution >= 4 is 39.1 Å². The number of aromatic nitrogens is 3. The van der Waals surface area contributed by atoms with E-state index in [0.717, 1.165) is 25.3 Å². The van der Waals surface area contributed by atoms with E-state index >= 15 is 0 Å². The van der Waals surface area contributed by atoms with Gasteiger partial charge in [-0.2, -0.15) is 18.3 Å². The van der Waals surface area contributed by atoms with Crippen LogP contribution in [0.5, 0.6) is 5.75 Å². The number of pyridine rings is 1. The topological polar surface area (TPSA) is 125 Å². The Morgan fingerprint density at radius 3 is 2.64 bits per heavy atom. The van der Waals surface area contributed by atoms with Crippen molar-refractivity contribution in [2.75, 3.05) is 5.32 Å². The summed E-state index contributed by atoms with van der Waals surface area (Å²) < 4.78 is 54.4. The van der Waals surface area contributed by atoms with Crippen LogP contribution in [-0.2, 0) is 32.7 Å². The molecule has 0 bridgehead atoms. The molecule has 13 heteroatoms. The Morgan fingerprint density at radius 1 is 1.14 bits per heavy atom. The van der Waals surface area contributed by atoms with Crippen LogP contribution < -0.4 is 15.8 Å². The molecular weight excluding hydrogens is 571 g/mol. The van der Waals surface area contributed by atoms with Gasteiger partial charge in [0, 0.05) is 23.7 Å². The number of aryl methyl sites for hydroxylation is 3. The lowest BCUT2D eigenvalue weighted by molar-refractivity contribution is -0.140. The maximum absolute atomic E-state index is 13.8. The van der Waals surface area contributed by atoms with Gasteiger partial charge in [0.1, 0.15) is 33.5 Å². The highest BCUT2D eigenvalue weighted by atomic mass is 32.1. The second-order valence-corrected chi connectivity index (χ2v) is 11.0. The summed E-state index contributed by atoms with van der Waals surface area (Å²) in [5.41, 5.74) is 8.01. The van der Waals surface area contributed by atoms with E-state index in [0.29, 0.717) is 34.1 Å². The molecule has 0 aliphatic heterocycles. The van der Waals surface area contributed by atoms with Crippen molar-refractivity contribution in [3.63, 3.8) is 0 Å². The minimum atomic E-state index is -4.76. The molecule has 0 saturated heterocycles. The molecule has 9 nitrogen and oxygen atoms in total. The number of anilines is 1. The van der Waals surface area contributed by atoms with Crippen molar-refractivity contribution in [1.29, 1.82) is 0 Å². The number of halogens is 3. The van der Waals surface area contributed by atoms with E-state index in [9.17, 15) is 22.8 Å². The summed E-state index contributed by atoms with van der Waals surface area (Å²) in [5, 5.41) is 6.91. The smallest absolute Gasteiger partial charge is 0.433 e. The highest BCUT2D eigenvalue weighted by molar-refractivity contribution is 7.21. The summed E-state index contributed by atoms with van der Waals surface area (Å²) >= 11 is 0.662. The lowest BCUT2D eigenvalue weighted by Gasteiger charge is -2.12. The first-order chi connectivity index (χ1) is 20.0. The fourth-order valence-corrected chi connectivity index (χ4v) is 6.06. The fourth-order valence-electron chi connectivity index (χ4n) is 5.06. The van der Waals surface area contributed by atoms with Crippen molar-refractivity contribution in [3.8, 4) is 16.9 Å². The zero-order valence-corrected chi connectivity index (χ0v) is 23.3. The van der Waals surface area contributed by atoms with Crippen molar-refractivity contribution < 1.29 is 31.9 Å². The van der Waals surface area contributed by atoms with Gasteiger partial charge in [0.05, 0.1) is 11.9 Å². The summed E-state index contributed by atoms with van der Waals surface area (Å²) in [6, 6.07) is 9.86. The molecule has 0 radical (unpaired) electrons. The highest BCUT2D eigenvalue weighted by Gasteiger charge is 2.35. The number of hydrogen-bond donors (Lipinski definition) is 2. The van der Waals surface area contributed by atoms with Gasteiger partial charge in [0.15, 0.2) is 5.76 Å². The van der Waals surface area contributed by atoms with Crippen LogP contribution in [0.25, 0.3) is 21.3 Å². The molecule has 5 aromatic rings. The number of amides is 2. The SMILES string of the molecule is Cc1c(-c2cc(C(F)(F)F)nc3sc(C(N)=O)c(NC(=O)c4ccc(COc5ccc6c(c5)CCC6)o4)c23)cnn1C. The third kappa shape index (κ3) is 5.00. The number of thiophene rings is 1. The van der Waals surface area contributed by atoms with Crippen molar-refractivity contribution in [2.45, 2.75) is 39.0 Å². The zero-order valence-electron chi connectivity index (χ0n) is 22.5. The third-order valence-electron chi connectivity index (χ3n) is 7.28. The van der Waals surface area contributed by atoms with Gasteiger partial charge in [-0.25, -0.2) is 4.98 Å². The van der Waals surface area contributed by atoms with E-state index in [1.807, 2.05) is 18.2 Å². The van der Waals surface area contributed by atoms with Crippen molar-refractivity contribution in [1.82, 2.24) is 14.8 Å². The highest BCUT2D eigenvalue weighted by Crippen LogP contribution is 2.44. The van der Waals surface area contributed by atoms with Gasteiger partial charge < -0.3 is 20.2 Å². The second kappa shape index (κ2) is 10.3. The van der Waals surface area contributed by atoms with Gasteiger partial charge in [-0.15, -0.1) is 11.3 Å². The lowest BCUT2D eigenvalue weighted by Crippen LogP contribution is -2.16. The number of carbonyl (C=O) groups is 2. The number of carbonyl (C=O) groups excluding carboxylic acids is 2. The maximum Gasteiger partial charge on any atom is 0.433 e. The zero-order chi connectivity index (χ0) is 29.8. The van der Waals surface area contributed by atoms with E-state index in [2.05, 4.69) is 15.4 Å². The van der Waals surface area contributed by atoms with E-state index in [-0.39, 0.29) is 38.7 Å². The van der Waals surface area contributed by atoms with Crippen LogP contribution in [0.2, 0.25) is 0 Å². The molecule has 0 fully saturated rings. The van der Waals surface area contributed by atoms with Crippen LogP contribution in [0.3, 0.4) is 0 Å². The molecular formula is C29H24F3N5O4S. The average Bonchev–Trinajstić information content (AvgIpc) is 3.73. The number of nitrogens with zero attached hydrogens (tertiary/aromatic N) is 3. The Labute approximate surface area is 241 Å². The first-order valence-electron chi connectivity index (χ1n) is 13.0. The number of benzene rings is 1. The molecule has 1 aromatic carbocycles. The van der Waals surface area contributed by atoms with E-state index in [4.69, 9.17) is 14.9 Å². The number of fused-ring (bicyclic) bond motifs is 2. The Kier molecular flexibility index (Phi) is 6.76. The molecule has 6 rings (SSSR count). The Bertz CT molecular complexity index is 1870. The van der Waals surface area contributed by atoms with E-state index in [1.165, 1.54) is 28.1 Å². The number of primary amides is 1. The van der Waals surface area contributed by atoms with Crippen LogP contribution in [0.15, 0.2) is 47.0 Å². The number of nitrogens with two attached hydrogens (primary N) is 1. The lowest BCUT2D eigenvalue weighted by atomic mass is 10.0. The quantitative estimate of drug-likeness (QED) is 0.237. The largest absolute Gasteiger partial charge is 0.486 e. The standard InChI is InChI=1S/C29H24F3N5O4S/c1-14-20(12-34-37(14)2)19-11-22(29(30,31)32)35-28-23(19)24(25(42-28)26(33)38)36-27(39)21-9-8-18(41-21)13-40-17-7-6-15-4-3-5-16(15)10-17/h6-12H,3-5,13H2,1-2H3,(H2,33,38)(H,36,39). The molecule has 3 N–H and O–H groups in total. The molecule has 216 valence electrons.